The molecule has 150 valence electrons. The van der Waals surface area contributed by atoms with Crippen LogP contribution in [0.15, 0.2) is 48.5 Å². The molecule has 1 heterocycles. The number of hydrogen-bond donors (Lipinski definition) is 1. The first kappa shape index (κ1) is 20.0. The number of hydrogen-bond acceptors (Lipinski definition) is 5. The maximum Gasteiger partial charge on any atom is 0.295 e. The van der Waals surface area contributed by atoms with Gasteiger partial charge >= 0.3 is 0 Å². The summed E-state index contributed by atoms with van der Waals surface area (Å²) in [5.74, 6) is 0.00141. The van der Waals surface area contributed by atoms with Crippen molar-refractivity contribution in [3.63, 3.8) is 0 Å². The molecule has 3 aromatic rings. The van der Waals surface area contributed by atoms with Crippen LogP contribution in [-0.4, -0.2) is 52.2 Å². The van der Waals surface area contributed by atoms with Gasteiger partial charge in [0.15, 0.2) is 6.61 Å². The molecule has 29 heavy (non-hydrogen) atoms. The highest BCUT2D eigenvalue weighted by Gasteiger charge is 2.15. The number of halogens is 1. The number of aromatic nitrogens is 3. The Hall–Kier alpha value is -3.75. The molecule has 0 aliphatic carbocycles. The predicted molar refractivity (Wildman–Crippen MR) is 105 cm³/mol. The van der Waals surface area contributed by atoms with Crippen molar-refractivity contribution in [3.05, 3.63) is 66.0 Å². The molecule has 0 fully saturated rings. The summed E-state index contributed by atoms with van der Waals surface area (Å²) in [5.41, 5.74) is 1.13. The van der Waals surface area contributed by atoms with Crippen LogP contribution in [0.4, 0.5) is 10.1 Å². The Morgan fingerprint density at radius 1 is 1.10 bits per heavy atom. The molecule has 2 aromatic carbocycles. The number of nitrogens with zero attached hydrogens (tertiary/aromatic N) is 4. The average molecular weight is 397 g/mol. The van der Waals surface area contributed by atoms with E-state index in [0.29, 0.717) is 22.9 Å². The highest BCUT2D eigenvalue weighted by atomic mass is 19.1. The van der Waals surface area contributed by atoms with Crippen molar-refractivity contribution < 1.29 is 18.7 Å². The van der Waals surface area contributed by atoms with Crippen molar-refractivity contribution >= 4 is 17.5 Å². The van der Waals surface area contributed by atoms with E-state index in [1.54, 1.807) is 57.4 Å². The zero-order valence-corrected chi connectivity index (χ0v) is 16.2. The molecular formula is C20H20FN5O3. The van der Waals surface area contributed by atoms with Gasteiger partial charge in [0, 0.05) is 19.8 Å². The molecule has 0 aliphatic rings. The number of amides is 2. The van der Waals surface area contributed by atoms with E-state index in [1.165, 1.54) is 21.7 Å². The Labute approximate surface area is 166 Å². The van der Waals surface area contributed by atoms with E-state index in [9.17, 15) is 14.0 Å². The van der Waals surface area contributed by atoms with Gasteiger partial charge in [-0.1, -0.05) is 0 Å². The zero-order chi connectivity index (χ0) is 21.0. The fourth-order valence-electron chi connectivity index (χ4n) is 2.41. The molecule has 9 heteroatoms. The molecule has 0 radical (unpaired) electrons. The van der Waals surface area contributed by atoms with Crippen molar-refractivity contribution in [1.29, 1.82) is 0 Å². The van der Waals surface area contributed by atoms with E-state index in [0.717, 1.165) is 0 Å². The molecule has 3 rings (SSSR count). The second-order valence-electron chi connectivity index (χ2n) is 6.43. The van der Waals surface area contributed by atoms with Gasteiger partial charge in [-0.05, 0) is 55.5 Å². The molecule has 0 aliphatic heterocycles. The second kappa shape index (κ2) is 8.51. The maximum atomic E-state index is 13.1. The lowest BCUT2D eigenvalue weighted by atomic mass is 10.3. The molecular weight excluding hydrogens is 377 g/mol. The fraction of sp³-hybridized carbons (Fsp3) is 0.200. The Morgan fingerprint density at radius 2 is 1.76 bits per heavy atom. The van der Waals surface area contributed by atoms with Gasteiger partial charge in [0.2, 0.25) is 5.82 Å². The molecule has 8 nitrogen and oxygen atoms in total. The van der Waals surface area contributed by atoms with Crippen LogP contribution >= 0.6 is 0 Å². The number of benzene rings is 2. The first-order valence-corrected chi connectivity index (χ1v) is 8.77. The zero-order valence-electron chi connectivity index (χ0n) is 16.2. The standard InChI is InChI=1S/C20H20FN5O3/c1-13-22-19(24-26(13)16-8-4-14(21)5-9-16)20(28)23-15-6-10-17(11-7-15)29-12-18(27)25(2)3/h4-11H,12H2,1-3H3,(H,23,28). The van der Waals surface area contributed by atoms with E-state index in [4.69, 9.17) is 4.74 Å². The molecule has 0 atom stereocenters. The van der Waals surface area contributed by atoms with E-state index >= 15 is 0 Å². The summed E-state index contributed by atoms with van der Waals surface area (Å²) in [6, 6.07) is 12.3. The first-order valence-electron chi connectivity index (χ1n) is 8.77. The van der Waals surface area contributed by atoms with Crippen molar-refractivity contribution in [1.82, 2.24) is 19.7 Å². The Balaban J connectivity index is 1.65. The Bertz CT molecular complexity index is 1010. The predicted octanol–water partition coefficient (Wildman–Crippen LogP) is 2.43. The summed E-state index contributed by atoms with van der Waals surface area (Å²) in [6.45, 7) is 1.64. The van der Waals surface area contributed by atoms with Gasteiger partial charge in [-0.15, -0.1) is 5.10 Å². The van der Waals surface area contributed by atoms with Crippen molar-refractivity contribution in [3.8, 4) is 11.4 Å². The number of carbonyl (C=O) groups excluding carboxylic acids is 2. The molecule has 1 N–H and O–H groups in total. The van der Waals surface area contributed by atoms with Gasteiger partial charge in [0.25, 0.3) is 11.8 Å². The van der Waals surface area contributed by atoms with Gasteiger partial charge < -0.3 is 15.0 Å². The highest BCUT2D eigenvalue weighted by molar-refractivity contribution is 6.01. The van der Waals surface area contributed by atoms with E-state index < -0.39 is 5.91 Å². The highest BCUT2D eigenvalue weighted by Crippen LogP contribution is 2.17. The summed E-state index contributed by atoms with van der Waals surface area (Å²) in [4.78, 5) is 29.6. The topological polar surface area (TPSA) is 89.3 Å². The quantitative estimate of drug-likeness (QED) is 0.690. The van der Waals surface area contributed by atoms with Gasteiger partial charge in [-0.3, -0.25) is 9.59 Å². The molecule has 2 amide bonds. The summed E-state index contributed by atoms with van der Waals surface area (Å²) < 4.78 is 19.9. The molecule has 0 saturated heterocycles. The van der Waals surface area contributed by atoms with E-state index in [1.807, 2.05) is 0 Å². The van der Waals surface area contributed by atoms with Crippen molar-refractivity contribution in [2.24, 2.45) is 0 Å². The summed E-state index contributed by atoms with van der Waals surface area (Å²) in [5, 5.41) is 6.89. The van der Waals surface area contributed by atoms with Crippen LogP contribution < -0.4 is 10.1 Å². The Morgan fingerprint density at radius 3 is 2.38 bits per heavy atom. The lowest BCUT2D eigenvalue weighted by molar-refractivity contribution is -0.130. The molecule has 0 saturated carbocycles. The lowest BCUT2D eigenvalue weighted by Gasteiger charge is -2.11. The maximum absolute atomic E-state index is 13.1. The minimum Gasteiger partial charge on any atom is -0.484 e. The molecule has 1 aromatic heterocycles. The largest absolute Gasteiger partial charge is 0.484 e. The molecule has 0 bridgehead atoms. The SMILES string of the molecule is Cc1nc(C(=O)Nc2ccc(OCC(=O)N(C)C)cc2)nn1-c1ccc(F)cc1. The van der Waals surface area contributed by atoms with Crippen LogP contribution in [0.5, 0.6) is 5.75 Å². The average Bonchev–Trinajstić information content (AvgIpc) is 3.09. The third-order valence-electron chi connectivity index (χ3n) is 4.02. The number of likely N-dealkylation sites (N-methyl/N-ethyl adjacent to an activating group) is 1. The van der Waals surface area contributed by atoms with Crippen LogP contribution in [-0.2, 0) is 4.79 Å². The minimum atomic E-state index is -0.481. The van der Waals surface area contributed by atoms with E-state index in [-0.39, 0.29) is 24.2 Å². The lowest BCUT2D eigenvalue weighted by Crippen LogP contribution is -2.27. The van der Waals surface area contributed by atoms with Crippen LogP contribution in [0.25, 0.3) is 5.69 Å². The second-order valence-corrected chi connectivity index (χ2v) is 6.43. The number of nitrogens with one attached hydrogen (secondary N) is 1. The van der Waals surface area contributed by atoms with Gasteiger partial charge in [0.1, 0.15) is 17.4 Å². The van der Waals surface area contributed by atoms with Crippen LogP contribution in [0.2, 0.25) is 0 Å². The van der Waals surface area contributed by atoms with Gasteiger partial charge in [-0.2, -0.15) is 0 Å². The van der Waals surface area contributed by atoms with Crippen LogP contribution in [0.3, 0.4) is 0 Å². The van der Waals surface area contributed by atoms with Crippen molar-refractivity contribution in [2.45, 2.75) is 6.92 Å². The van der Waals surface area contributed by atoms with Crippen molar-refractivity contribution in [2.75, 3.05) is 26.0 Å². The molecule has 0 unspecified atom stereocenters. The summed E-state index contributed by atoms with van der Waals surface area (Å²) in [7, 11) is 3.30. The first-order chi connectivity index (χ1) is 13.8. The molecule has 0 spiro atoms. The summed E-state index contributed by atoms with van der Waals surface area (Å²) >= 11 is 0. The normalized spacial score (nSPS) is 10.5. The van der Waals surface area contributed by atoms with E-state index in [2.05, 4.69) is 15.4 Å². The third kappa shape index (κ3) is 4.95. The monoisotopic (exact) mass is 397 g/mol. The van der Waals surface area contributed by atoms with Crippen LogP contribution in [0, 0.1) is 12.7 Å². The third-order valence-corrected chi connectivity index (χ3v) is 4.02. The number of anilines is 1. The fourth-order valence-corrected chi connectivity index (χ4v) is 2.41. The van der Waals surface area contributed by atoms with Crippen LogP contribution in [0.1, 0.15) is 16.4 Å². The number of rotatable bonds is 6. The smallest absolute Gasteiger partial charge is 0.295 e. The Kier molecular flexibility index (Phi) is 5.87. The summed E-state index contributed by atoms with van der Waals surface area (Å²) in [6.07, 6.45) is 0. The van der Waals surface area contributed by atoms with Gasteiger partial charge in [-0.25, -0.2) is 14.1 Å². The van der Waals surface area contributed by atoms with Gasteiger partial charge in [0.05, 0.1) is 5.69 Å². The number of ether oxygens (including phenoxy) is 1. The number of carbonyl (C=O) groups is 2. The minimum absolute atomic E-state index is 0.0104. The number of aryl methyl sites for hydroxylation is 1.